The molecule has 0 aliphatic heterocycles. The predicted molar refractivity (Wildman–Crippen MR) is 108 cm³/mol. The van der Waals surface area contributed by atoms with Crippen LogP contribution in [0.4, 0.5) is 5.69 Å². The molecule has 1 aromatic heterocycles. The predicted octanol–water partition coefficient (Wildman–Crippen LogP) is 5.08. The first-order valence-electron chi connectivity index (χ1n) is 7.78. The second-order valence-corrected chi connectivity index (χ2v) is 7.87. The Bertz CT molecular complexity index is 871. The van der Waals surface area contributed by atoms with E-state index in [2.05, 4.69) is 36.3 Å². The molecular formula is C18H19Cl3N4O. The number of carbonyl (C=O) groups excluding carboxylic acids is 1. The molecule has 0 atom stereocenters. The molecule has 5 nitrogen and oxygen atoms in total. The van der Waals surface area contributed by atoms with Crippen molar-refractivity contribution in [1.82, 2.24) is 10.4 Å². The van der Waals surface area contributed by atoms with E-state index in [-0.39, 0.29) is 32.0 Å². The molecule has 2 rings (SSSR count). The van der Waals surface area contributed by atoms with Gasteiger partial charge in [0, 0.05) is 0 Å². The Balaban J connectivity index is 2.20. The molecule has 0 spiro atoms. The number of hydrazone groups is 1. The van der Waals surface area contributed by atoms with Crippen LogP contribution in [0.25, 0.3) is 0 Å². The first kappa shape index (κ1) is 20.5. The minimum atomic E-state index is -0.633. The third-order valence-electron chi connectivity index (χ3n) is 3.78. The monoisotopic (exact) mass is 412 g/mol. The van der Waals surface area contributed by atoms with Crippen LogP contribution in [0.3, 0.4) is 0 Å². The Morgan fingerprint density at radius 2 is 1.69 bits per heavy atom. The maximum atomic E-state index is 12.3. The number of hydrogen-bond donors (Lipinski definition) is 2. The summed E-state index contributed by atoms with van der Waals surface area (Å²) in [4.78, 5) is 16.1. The van der Waals surface area contributed by atoms with E-state index in [1.54, 1.807) is 6.92 Å². The van der Waals surface area contributed by atoms with Crippen LogP contribution in [0.2, 0.25) is 15.2 Å². The first-order valence-corrected chi connectivity index (χ1v) is 8.91. The molecule has 1 aromatic carbocycles. The molecule has 0 aliphatic carbocycles. The Morgan fingerprint density at radius 1 is 1.12 bits per heavy atom. The fraction of sp³-hybridized carbons (Fsp3) is 0.278. The van der Waals surface area contributed by atoms with Gasteiger partial charge in [0.2, 0.25) is 0 Å². The number of hydrogen-bond acceptors (Lipinski definition) is 4. The summed E-state index contributed by atoms with van der Waals surface area (Å²) in [5, 5.41) is 3.92. The molecule has 0 radical (unpaired) electrons. The van der Waals surface area contributed by atoms with E-state index in [9.17, 15) is 4.79 Å². The summed E-state index contributed by atoms with van der Waals surface area (Å²) in [6.07, 6.45) is 0. The van der Waals surface area contributed by atoms with Gasteiger partial charge < -0.3 is 5.73 Å². The summed E-state index contributed by atoms with van der Waals surface area (Å²) < 4.78 is 0. The van der Waals surface area contributed by atoms with E-state index in [0.717, 1.165) is 5.56 Å². The van der Waals surface area contributed by atoms with Crippen molar-refractivity contribution in [2.75, 3.05) is 5.73 Å². The molecule has 0 saturated heterocycles. The van der Waals surface area contributed by atoms with Crippen LogP contribution in [-0.2, 0) is 5.41 Å². The van der Waals surface area contributed by atoms with Gasteiger partial charge in [-0.2, -0.15) is 5.10 Å². The number of amides is 1. The lowest BCUT2D eigenvalue weighted by Crippen LogP contribution is -2.21. The minimum Gasteiger partial charge on any atom is -0.396 e. The second-order valence-electron chi connectivity index (χ2n) is 6.76. The van der Waals surface area contributed by atoms with Crippen molar-refractivity contribution >= 4 is 52.1 Å². The Labute approximate surface area is 167 Å². The number of rotatable bonds is 3. The second kappa shape index (κ2) is 7.82. The summed E-state index contributed by atoms with van der Waals surface area (Å²) >= 11 is 17.7. The Hall–Kier alpha value is -1.82. The highest BCUT2D eigenvalue weighted by molar-refractivity contribution is 6.46. The summed E-state index contributed by atoms with van der Waals surface area (Å²) in [6, 6.07) is 7.98. The van der Waals surface area contributed by atoms with Gasteiger partial charge in [-0.1, -0.05) is 79.8 Å². The number of benzene rings is 1. The molecule has 0 bridgehead atoms. The van der Waals surface area contributed by atoms with Crippen LogP contribution >= 0.6 is 34.8 Å². The Kier molecular flexibility index (Phi) is 6.17. The SMILES string of the molecule is C/C(=N/NC(=O)c1nc(Cl)c(Cl)c(N)c1Cl)c1ccc(C(C)(C)C)cc1. The molecule has 3 N–H and O–H groups in total. The van der Waals surface area contributed by atoms with Crippen molar-refractivity contribution in [3.8, 4) is 0 Å². The molecular weight excluding hydrogens is 395 g/mol. The largest absolute Gasteiger partial charge is 0.396 e. The average Bonchev–Trinajstić information content (AvgIpc) is 2.60. The van der Waals surface area contributed by atoms with Crippen LogP contribution < -0.4 is 11.2 Å². The van der Waals surface area contributed by atoms with Crippen molar-refractivity contribution in [2.24, 2.45) is 5.10 Å². The quantitative estimate of drug-likeness (QED) is 0.418. The number of carbonyl (C=O) groups is 1. The molecule has 0 fully saturated rings. The third kappa shape index (κ3) is 4.47. The van der Waals surface area contributed by atoms with Crippen molar-refractivity contribution in [1.29, 1.82) is 0 Å². The summed E-state index contributed by atoms with van der Waals surface area (Å²) in [5.74, 6) is -0.633. The summed E-state index contributed by atoms with van der Waals surface area (Å²) in [7, 11) is 0. The molecule has 2 aromatic rings. The zero-order valence-electron chi connectivity index (χ0n) is 14.8. The van der Waals surface area contributed by atoms with E-state index < -0.39 is 5.91 Å². The topological polar surface area (TPSA) is 80.4 Å². The maximum absolute atomic E-state index is 12.3. The fourth-order valence-corrected chi connectivity index (χ4v) is 2.74. The van der Waals surface area contributed by atoms with Gasteiger partial charge in [0.15, 0.2) is 10.8 Å². The van der Waals surface area contributed by atoms with Crippen LogP contribution in [0.5, 0.6) is 0 Å². The number of pyridine rings is 1. The van der Waals surface area contributed by atoms with Gasteiger partial charge in [-0.3, -0.25) is 4.79 Å². The number of halogens is 3. The van der Waals surface area contributed by atoms with Crippen LogP contribution in [-0.4, -0.2) is 16.6 Å². The van der Waals surface area contributed by atoms with Crippen LogP contribution in [0.1, 0.15) is 49.3 Å². The lowest BCUT2D eigenvalue weighted by molar-refractivity contribution is 0.0950. The smallest absolute Gasteiger partial charge is 0.291 e. The Morgan fingerprint density at radius 3 is 2.23 bits per heavy atom. The van der Waals surface area contributed by atoms with Gasteiger partial charge in [0.1, 0.15) is 5.02 Å². The maximum Gasteiger partial charge on any atom is 0.291 e. The van der Waals surface area contributed by atoms with Gasteiger partial charge in [-0.05, 0) is 23.5 Å². The number of anilines is 1. The van der Waals surface area contributed by atoms with E-state index in [1.165, 1.54) is 5.56 Å². The van der Waals surface area contributed by atoms with Crippen molar-refractivity contribution < 1.29 is 4.79 Å². The number of nitrogens with two attached hydrogens (primary N) is 1. The lowest BCUT2D eigenvalue weighted by atomic mass is 9.86. The van der Waals surface area contributed by atoms with Crippen molar-refractivity contribution in [3.05, 3.63) is 56.3 Å². The number of nitrogens with zero attached hydrogens (tertiary/aromatic N) is 2. The summed E-state index contributed by atoms with van der Waals surface area (Å²) in [6.45, 7) is 8.21. The molecule has 0 unspecified atom stereocenters. The zero-order chi connectivity index (χ0) is 19.6. The molecule has 26 heavy (non-hydrogen) atoms. The van der Waals surface area contributed by atoms with Crippen molar-refractivity contribution in [3.63, 3.8) is 0 Å². The number of nitrogens with one attached hydrogen (secondary N) is 1. The zero-order valence-corrected chi connectivity index (χ0v) is 17.1. The lowest BCUT2D eigenvalue weighted by Gasteiger charge is -2.19. The summed E-state index contributed by atoms with van der Waals surface area (Å²) in [5.41, 5.74) is 10.8. The van der Waals surface area contributed by atoms with E-state index in [0.29, 0.717) is 5.71 Å². The van der Waals surface area contributed by atoms with Gasteiger partial charge in [-0.15, -0.1) is 0 Å². The van der Waals surface area contributed by atoms with Gasteiger partial charge >= 0.3 is 0 Å². The average molecular weight is 414 g/mol. The molecule has 138 valence electrons. The molecule has 8 heteroatoms. The standard InChI is InChI=1S/C18H19Cl3N4O/c1-9(10-5-7-11(8-6-10)18(2,3)4)24-25-17(26)15-12(19)14(22)13(20)16(21)23-15/h5-8H,1-4H3,(H2,22,23)(H,25,26)/b24-9-. The van der Waals surface area contributed by atoms with Crippen LogP contribution in [0, 0.1) is 0 Å². The third-order valence-corrected chi connectivity index (χ3v) is 4.92. The minimum absolute atomic E-state index is 0.00282. The van der Waals surface area contributed by atoms with Gasteiger partial charge in [0.05, 0.1) is 16.4 Å². The fourth-order valence-electron chi connectivity index (χ4n) is 2.15. The van der Waals surface area contributed by atoms with Gasteiger partial charge in [-0.25, -0.2) is 10.4 Å². The highest BCUT2D eigenvalue weighted by Gasteiger charge is 2.19. The highest BCUT2D eigenvalue weighted by Crippen LogP contribution is 2.34. The highest BCUT2D eigenvalue weighted by atomic mass is 35.5. The van der Waals surface area contributed by atoms with Crippen molar-refractivity contribution in [2.45, 2.75) is 33.1 Å². The van der Waals surface area contributed by atoms with E-state index in [1.807, 2.05) is 24.3 Å². The van der Waals surface area contributed by atoms with E-state index in [4.69, 9.17) is 40.5 Å². The normalized spacial score (nSPS) is 12.2. The molecule has 0 aliphatic rings. The number of aromatic nitrogens is 1. The van der Waals surface area contributed by atoms with Gasteiger partial charge in [0.25, 0.3) is 5.91 Å². The van der Waals surface area contributed by atoms with Crippen LogP contribution in [0.15, 0.2) is 29.4 Å². The first-order chi connectivity index (χ1) is 12.0. The molecule has 0 saturated carbocycles. The molecule has 1 heterocycles. The van der Waals surface area contributed by atoms with E-state index >= 15 is 0 Å². The molecule has 1 amide bonds. The number of nitrogen functional groups attached to an aromatic ring is 1.